The van der Waals surface area contributed by atoms with E-state index in [1.165, 1.54) is 6.42 Å². The third-order valence-electron chi connectivity index (χ3n) is 2.89. The number of nitrogens with two attached hydrogens (primary N) is 1. The summed E-state index contributed by atoms with van der Waals surface area (Å²) in [4.78, 5) is 0. The minimum Gasteiger partial charge on any atom is -0.396 e. The van der Waals surface area contributed by atoms with Crippen molar-refractivity contribution in [2.45, 2.75) is 38.6 Å². The molecule has 0 aromatic heterocycles. The van der Waals surface area contributed by atoms with E-state index < -0.39 is 0 Å². The second-order valence-electron chi connectivity index (χ2n) is 3.39. The van der Waals surface area contributed by atoms with Gasteiger partial charge in [-0.05, 0) is 19.3 Å². The molecule has 2 nitrogen and oxygen atoms in total. The smallest absolute Gasteiger partial charge is 0.0502 e. The van der Waals surface area contributed by atoms with Gasteiger partial charge in [0.2, 0.25) is 0 Å². The summed E-state index contributed by atoms with van der Waals surface area (Å²) in [6.45, 7) is 2.36. The Morgan fingerprint density at radius 2 is 2.20 bits per heavy atom. The molecule has 1 atom stereocenters. The predicted octanol–water partition coefficient (Wildman–Crippen LogP) is 0.886. The highest BCUT2D eigenvalue weighted by Gasteiger charge is 2.40. The van der Waals surface area contributed by atoms with Crippen LogP contribution in [0.2, 0.25) is 0 Å². The van der Waals surface area contributed by atoms with E-state index in [1.807, 2.05) is 0 Å². The molecule has 0 amide bonds. The van der Waals surface area contributed by atoms with Crippen molar-refractivity contribution >= 4 is 0 Å². The van der Waals surface area contributed by atoms with Crippen LogP contribution >= 0.6 is 0 Å². The number of hydrogen-bond donors (Lipinski definition) is 2. The van der Waals surface area contributed by atoms with Crippen LogP contribution < -0.4 is 5.73 Å². The third kappa shape index (κ3) is 1.06. The fraction of sp³-hybridized carbons (Fsp3) is 1.00. The largest absolute Gasteiger partial charge is 0.396 e. The van der Waals surface area contributed by atoms with Crippen LogP contribution in [0.5, 0.6) is 0 Å². The maximum atomic E-state index is 9.06. The fourth-order valence-corrected chi connectivity index (χ4v) is 1.71. The molecule has 1 rings (SSSR count). The van der Waals surface area contributed by atoms with Gasteiger partial charge in [0.1, 0.15) is 0 Å². The summed E-state index contributed by atoms with van der Waals surface area (Å²) in [6.07, 6.45) is 4.48. The highest BCUT2D eigenvalue weighted by molar-refractivity contribution is 4.94. The molecule has 0 radical (unpaired) electrons. The van der Waals surface area contributed by atoms with Crippen molar-refractivity contribution in [2.24, 2.45) is 11.1 Å². The lowest BCUT2D eigenvalue weighted by atomic mass is 9.64. The lowest BCUT2D eigenvalue weighted by molar-refractivity contribution is 0.0180. The molecular formula is C8H17NO. The Hall–Kier alpha value is -0.0800. The summed E-state index contributed by atoms with van der Waals surface area (Å²) in [6, 6.07) is 0.214. The summed E-state index contributed by atoms with van der Waals surface area (Å²) in [5, 5.41) is 9.06. The molecular weight excluding hydrogens is 126 g/mol. The first kappa shape index (κ1) is 8.02. The van der Waals surface area contributed by atoms with Crippen molar-refractivity contribution in [1.29, 1.82) is 0 Å². The van der Waals surface area contributed by atoms with Gasteiger partial charge in [-0.25, -0.2) is 0 Å². The van der Waals surface area contributed by atoms with Gasteiger partial charge >= 0.3 is 0 Å². The van der Waals surface area contributed by atoms with E-state index in [-0.39, 0.29) is 18.1 Å². The Morgan fingerprint density at radius 3 is 2.30 bits per heavy atom. The van der Waals surface area contributed by atoms with Crippen LogP contribution in [0.1, 0.15) is 32.6 Å². The Labute approximate surface area is 62.4 Å². The zero-order valence-corrected chi connectivity index (χ0v) is 6.64. The molecule has 0 aliphatic heterocycles. The number of rotatable bonds is 3. The molecule has 0 aromatic rings. The molecule has 1 saturated carbocycles. The van der Waals surface area contributed by atoms with Crippen molar-refractivity contribution < 1.29 is 5.11 Å². The van der Waals surface area contributed by atoms with E-state index in [0.29, 0.717) is 0 Å². The van der Waals surface area contributed by atoms with E-state index in [9.17, 15) is 0 Å². The normalized spacial score (nSPS) is 25.5. The first-order valence-electron chi connectivity index (χ1n) is 4.11. The zero-order chi connectivity index (χ0) is 7.61. The van der Waals surface area contributed by atoms with Crippen molar-refractivity contribution in [3.8, 4) is 0 Å². The summed E-state index contributed by atoms with van der Waals surface area (Å²) >= 11 is 0. The number of aliphatic hydroxyl groups excluding tert-OH is 1. The van der Waals surface area contributed by atoms with E-state index in [1.54, 1.807) is 0 Å². The van der Waals surface area contributed by atoms with Gasteiger partial charge < -0.3 is 10.8 Å². The van der Waals surface area contributed by atoms with Crippen LogP contribution in [0.3, 0.4) is 0 Å². The van der Waals surface area contributed by atoms with Gasteiger partial charge in [0, 0.05) is 11.5 Å². The average molecular weight is 143 g/mol. The summed E-state index contributed by atoms with van der Waals surface area (Å²) in [5.41, 5.74) is 5.97. The zero-order valence-electron chi connectivity index (χ0n) is 6.64. The molecule has 2 heteroatoms. The standard InChI is InChI=1S/C8H17NO/c1-2-7(9)8(6-10)4-3-5-8/h7,10H,2-6,9H2,1H3. The van der Waals surface area contributed by atoms with Crippen LogP contribution in [0.4, 0.5) is 0 Å². The van der Waals surface area contributed by atoms with E-state index in [0.717, 1.165) is 19.3 Å². The summed E-state index contributed by atoms with van der Waals surface area (Å²) in [5.74, 6) is 0. The summed E-state index contributed by atoms with van der Waals surface area (Å²) in [7, 11) is 0. The summed E-state index contributed by atoms with van der Waals surface area (Å²) < 4.78 is 0. The molecule has 1 fully saturated rings. The Morgan fingerprint density at radius 1 is 1.60 bits per heavy atom. The van der Waals surface area contributed by atoms with Gasteiger partial charge in [-0.2, -0.15) is 0 Å². The van der Waals surface area contributed by atoms with Gasteiger partial charge in [0.15, 0.2) is 0 Å². The maximum absolute atomic E-state index is 9.06. The number of aliphatic hydroxyl groups is 1. The molecule has 1 aliphatic carbocycles. The van der Waals surface area contributed by atoms with E-state index in [4.69, 9.17) is 10.8 Å². The molecule has 3 N–H and O–H groups in total. The highest BCUT2D eigenvalue weighted by atomic mass is 16.3. The lowest BCUT2D eigenvalue weighted by Gasteiger charge is -2.44. The fourth-order valence-electron chi connectivity index (χ4n) is 1.71. The second-order valence-corrected chi connectivity index (χ2v) is 3.39. The topological polar surface area (TPSA) is 46.2 Å². The van der Waals surface area contributed by atoms with Gasteiger partial charge in [-0.3, -0.25) is 0 Å². The van der Waals surface area contributed by atoms with Crippen molar-refractivity contribution in [2.75, 3.05) is 6.61 Å². The van der Waals surface area contributed by atoms with Gasteiger partial charge in [-0.1, -0.05) is 13.3 Å². The van der Waals surface area contributed by atoms with E-state index >= 15 is 0 Å². The van der Waals surface area contributed by atoms with Crippen molar-refractivity contribution in [1.82, 2.24) is 0 Å². The van der Waals surface area contributed by atoms with Gasteiger partial charge in [0.05, 0.1) is 6.61 Å². The first-order valence-corrected chi connectivity index (χ1v) is 4.11. The van der Waals surface area contributed by atoms with Crippen LogP contribution in [-0.4, -0.2) is 17.8 Å². The molecule has 0 heterocycles. The molecule has 60 valence electrons. The molecule has 10 heavy (non-hydrogen) atoms. The predicted molar refractivity (Wildman–Crippen MR) is 41.6 cm³/mol. The minimum atomic E-state index is 0.106. The highest BCUT2D eigenvalue weighted by Crippen LogP contribution is 2.43. The first-order chi connectivity index (χ1) is 4.75. The van der Waals surface area contributed by atoms with Gasteiger partial charge in [-0.15, -0.1) is 0 Å². The molecule has 0 bridgehead atoms. The lowest BCUT2D eigenvalue weighted by Crippen LogP contribution is -2.48. The quantitative estimate of drug-likeness (QED) is 0.616. The molecule has 0 aromatic carbocycles. The Bertz CT molecular complexity index is 104. The monoisotopic (exact) mass is 143 g/mol. The molecule has 1 unspecified atom stereocenters. The third-order valence-corrected chi connectivity index (χ3v) is 2.89. The van der Waals surface area contributed by atoms with Crippen LogP contribution in [0.15, 0.2) is 0 Å². The van der Waals surface area contributed by atoms with Crippen molar-refractivity contribution in [3.63, 3.8) is 0 Å². The van der Waals surface area contributed by atoms with E-state index in [2.05, 4.69) is 6.92 Å². The minimum absolute atomic E-state index is 0.106. The molecule has 1 aliphatic rings. The Kier molecular flexibility index (Phi) is 2.32. The SMILES string of the molecule is CCC(N)C1(CO)CCC1. The van der Waals surface area contributed by atoms with Crippen LogP contribution in [0.25, 0.3) is 0 Å². The maximum Gasteiger partial charge on any atom is 0.0502 e. The second kappa shape index (κ2) is 2.89. The van der Waals surface area contributed by atoms with Crippen molar-refractivity contribution in [3.05, 3.63) is 0 Å². The molecule has 0 spiro atoms. The average Bonchev–Trinajstić information content (AvgIpc) is 1.86. The van der Waals surface area contributed by atoms with Crippen LogP contribution in [-0.2, 0) is 0 Å². The number of hydrogen-bond acceptors (Lipinski definition) is 2. The van der Waals surface area contributed by atoms with Gasteiger partial charge in [0.25, 0.3) is 0 Å². The Balaban J connectivity index is 2.46. The molecule has 0 saturated heterocycles. The van der Waals surface area contributed by atoms with Crippen LogP contribution in [0, 0.1) is 5.41 Å².